The number of hydrogen-bond donors (Lipinski definition) is 0. The minimum Gasteiger partial charge on any atom is -0.462 e. The van der Waals surface area contributed by atoms with Gasteiger partial charge in [-0.2, -0.15) is 0 Å². The Hall–Kier alpha value is -2.64. The first-order valence-electron chi connectivity index (χ1n) is 8.23. The van der Waals surface area contributed by atoms with Crippen LogP contribution >= 0.6 is 27.5 Å². The van der Waals surface area contributed by atoms with Crippen LogP contribution in [0.5, 0.6) is 5.75 Å². The lowest BCUT2D eigenvalue weighted by Gasteiger charge is -2.10. The molecule has 2 aromatic carbocycles. The molecule has 3 rings (SSSR count). The van der Waals surface area contributed by atoms with E-state index in [2.05, 4.69) is 15.9 Å². The molecule has 0 unspecified atom stereocenters. The van der Waals surface area contributed by atoms with Crippen molar-refractivity contribution < 1.29 is 28.3 Å². The standard InChI is InChI=1S/C20H14BrClO6/c1-3-26-20(25)15-14(9-23)27-18-10(2)7-13(17(21)16(15)18)28-19(24)11-5-4-6-12(22)8-11/h4-9H,3H2,1-2H3. The Morgan fingerprint density at radius 2 is 2.00 bits per heavy atom. The zero-order valence-corrected chi connectivity index (χ0v) is 17.2. The molecule has 8 heteroatoms. The van der Waals surface area contributed by atoms with E-state index in [0.717, 1.165) is 0 Å². The molecule has 0 bridgehead atoms. The van der Waals surface area contributed by atoms with Crippen LogP contribution in [-0.4, -0.2) is 24.8 Å². The summed E-state index contributed by atoms with van der Waals surface area (Å²) in [5, 5.41) is 0.699. The summed E-state index contributed by atoms with van der Waals surface area (Å²) in [7, 11) is 0. The number of fused-ring (bicyclic) bond motifs is 1. The number of hydrogen-bond acceptors (Lipinski definition) is 6. The summed E-state index contributed by atoms with van der Waals surface area (Å²) in [6, 6.07) is 7.90. The van der Waals surface area contributed by atoms with E-state index >= 15 is 0 Å². The SMILES string of the molecule is CCOC(=O)c1c(C=O)oc2c(C)cc(OC(=O)c3cccc(Cl)c3)c(Br)c12. The molecule has 1 heterocycles. The van der Waals surface area contributed by atoms with Gasteiger partial charge in [0.15, 0.2) is 12.0 Å². The Bertz CT molecular complexity index is 1100. The van der Waals surface area contributed by atoms with Crippen LogP contribution in [0.25, 0.3) is 11.0 Å². The van der Waals surface area contributed by atoms with Crippen molar-refractivity contribution in [1.82, 2.24) is 0 Å². The number of furan rings is 1. The van der Waals surface area contributed by atoms with E-state index in [0.29, 0.717) is 32.3 Å². The normalized spacial score (nSPS) is 10.7. The fourth-order valence-corrected chi connectivity index (χ4v) is 3.49. The number of aldehydes is 1. The van der Waals surface area contributed by atoms with Gasteiger partial charge in [-0.1, -0.05) is 17.7 Å². The predicted molar refractivity (Wildman–Crippen MR) is 106 cm³/mol. The third-order valence-electron chi connectivity index (χ3n) is 3.93. The molecule has 0 radical (unpaired) electrons. The molecule has 0 N–H and O–H groups in total. The number of carbonyl (C=O) groups excluding carboxylic acids is 3. The van der Waals surface area contributed by atoms with Crippen LogP contribution in [0.2, 0.25) is 5.02 Å². The fourth-order valence-electron chi connectivity index (χ4n) is 2.72. The Morgan fingerprint density at radius 1 is 1.25 bits per heavy atom. The highest BCUT2D eigenvalue weighted by molar-refractivity contribution is 9.10. The number of rotatable bonds is 5. The van der Waals surface area contributed by atoms with Gasteiger partial charge in [-0.15, -0.1) is 0 Å². The summed E-state index contributed by atoms with van der Waals surface area (Å²) in [6.07, 6.45) is 0.440. The lowest BCUT2D eigenvalue weighted by molar-refractivity contribution is 0.0524. The lowest BCUT2D eigenvalue weighted by Crippen LogP contribution is -2.10. The van der Waals surface area contributed by atoms with E-state index in [1.54, 1.807) is 38.1 Å². The molecule has 0 saturated carbocycles. The fraction of sp³-hybridized carbons (Fsp3) is 0.150. The molecule has 0 aliphatic rings. The van der Waals surface area contributed by atoms with Gasteiger partial charge in [0.05, 0.1) is 22.0 Å². The zero-order chi connectivity index (χ0) is 20.4. The second kappa shape index (κ2) is 8.16. The molecule has 6 nitrogen and oxygen atoms in total. The zero-order valence-electron chi connectivity index (χ0n) is 14.9. The first-order valence-corrected chi connectivity index (χ1v) is 9.40. The van der Waals surface area contributed by atoms with Crippen LogP contribution in [0.3, 0.4) is 0 Å². The monoisotopic (exact) mass is 464 g/mol. The first-order chi connectivity index (χ1) is 13.4. The van der Waals surface area contributed by atoms with E-state index in [9.17, 15) is 14.4 Å². The molecular formula is C20H14BrClO6. The van der Waals surface area contributed by atoms with E-state index in [1.807, 2.05) is 0 Å². The highest BCUT2D eigenvalue weighted by Crippen LogP contribution is 2.40. The van der Waals surface area contributed by atoms with Crippen molar-refractivity contribution in [3.05, 3.63) is 62.3 Å². The van der Waals surface area contributed by atoms with E-state index in [1.165, 1.54) is 6.07 Å². The molecule has 0 aliphatic heterocycles. The Morgan fingerprint density at radius 3 is 2.64 bits per heavy atom. The average Bonchev–Trinajstić information content (AvgIpc) is 3.06. The van der Waals surface area contributed by atoms with Gasteiger partial charge in [-0.3, -0.25) is 4.79 Å². The molecule has 0 saturated heterocycles. The molecule has 28 heavy (non-hydrogen) atoms. The van der Waals surface area contributed by atoms with Crippen LogP contribution in [0.15, 0.2) is 39.2 Å². The quantitative estimate of drug-likeness (QED) is 0.286. The third kappa shape index (κ3) is 3.68. The van der Waals surface area contributed by atoms with Crippen molar-refractivity contribution in [2.24, 2.45) is 0 Å². The second-order valence-electron chi connectivity index (χ2n) is 5.79. The summed E-state index contributed by atoms with van der Waals surface area (Å²) in [5.41, 5.74) is 1.14. The average molecular weight is 466 g/mol. The van der Waals surface area contributed by atoms with Crippen molar-refractivity contribution in [2.75, 3.05) is 6.61 Å². The minimum atomic E-state index is -0.707. The van der Waals surface area contributed by atoms with Crippen molar-refractivity contribution >= 4 is 56.7 Å². The molecule has 1 aromatic heterocycles. The highest BCUT2D eigenvalue weighted by atomic mass is 79.9. The van der Waals surface area contributed by atoms with Crippen LogP contribution in [0, 0.1) is 6.92 Å². The van der Waals surface area contributed by atoms with Crippen LogP contribution in [0.1, 0.15) is 43.8 Å². The van der Waals surface area contributed by atoms with Crippen LogP contribution < -0.4 is 4.74 Å². The number of carbonyl (C=O) groups is 3. The lowest BCUT2D eigenvalue weighted by atomic mass is 10.1. The number of aryl methyl sites for hydroxylation is 1. The summed E-state index contributed by atoms with van der Waals surface area (Å²) in [4.78, 5) is 36.2. The van der Waals surface area contributed by atoms with Crippen molar-refractivity contribution in [2.45, 2.75) is 13.8 Å². The van der Waals surface area contributed by atoms with E-state index in [-0.39, 0.29) is 29.2 Å². The van der Waals surface area contributed by atoms with Crippen LogP contribution in [0.4, 0.5) is 0 Å². The van der Waals surface area contributed by atoms with Gasteiger partial charge >= 0.3 is 11.9 Å². The molecular weight excluding hydrogens is 452 g/mol. The van der Waals surface area contributed by atoms with Gasteiger partial charge in [0, 0.05) is 5.02 Å². The number of ether oxygens (including phenoxy) is 2. The smallest absolute Gasteiger partial charge is 0.343 e. The highest BCUT2D eigenvalue weighted by Gasteiger charge is 2.27. The van der Waals surface area contributed by atoms with Gasteiger partial charge in [-0.05, 0) is 59.6 Å². The molecule has 144 valence electrons. The van der Waals surface area contributed by atoms with Crippen molar-refractivity contribution in [3.8, 4) is 5.75 Å². The summed E-state index contributed by atoms with van der Waals surface area (Å²) < 4.78 is 16.3. The number of esters is 2. The van der Waals surface area contributed by atoms with Crippen molar-refractivity contribution in [1.29, 1.82) is 0 Å². The predicted octanol–water partition coefficient (Wildman–Crippen LogP) is 5.37. The molecule has 3 aromatic rings. The molecule has 0 fully saturated rings. The van der Waals surface area contributed by atoms with E-state index < -0.39 is 11.9 Å². The topological polar surface area (TPSA) is 82.8 Å². The largest absolute Gasteiger partial charge is 0.462 e. The first kappa shape index (κ1) is 20.1. The molecule has 0 aliphatic carbocycles. The Balaban J connectivity index is 2.13. The van der Waals surface area contributed by atoms with Gasteiger partial charge in [-0.25, -0.2) is 9.59 Å². The van der Waals surface area contributed by atoms with Gasteiger partial charge in [0.2, 0.25) is 0 Å². The number of halogens is 2. The molecule has 0 amide bonds. The van der Waals surface area contributed by atoms with Crippen LogP contribution in [-0.2, 0) is 4.74 Å². The third-order valence-corrected chi connectivity index (χ3v) is 4.95. The van der Waals surface area contributed by atoms with Gasteiger partial charge in [0.1, 0.15) is 16.9 Å². The Labute approximate surface area is 173 Å². The molecule has 0 atom stereocenters. The van der Waals surface area contributed by atoms with Gasteiger partial charge in [0.25, 0.3) is 0 Å². The number of benzene rings is 2. The van der Waals surface area contributed by atoms with Gasteiger partial charge < -0.3 is 13.9 Å². The maximum atomic E-state index is 12.5. The maximum Gasteiger partial charge on any atom is 0.343 e. The second-order valence-corrected chi connectivity index (χ2v) is 7.02. The maximum absolute atomic E-state index is 12.5. The van der Waals surface area contributed by atoms with Crippen molar-refractivity contribution in [3.63, 3.8) is 0 Å². The minimum absolute atomic E-state index is 0.0255. The summed E-state index contributed by atoms with van der Waals surface area (Å²) in [5.74, 6) is -1.32. The van der Waals surface area contributed by atoms with E-state index in [4.69, 9.17) is 25.5 Å². The Kier molecular flexibility index (Phi) is 5.86. The summed E-state index contributed by atoms with van der Waals surface area (Å²) in [6.45, 7) is 3.49. The molecule has 0 spiro atoms. The summed E-state index contributed by atoms with van der Waals surface area (Å²) >= 11 is 9.27.